The van der Waals surface area contributed by atoms with Crippen LogP contribution in [-0.4, -0.2) is 74.7 Å². The van der Waals surface area contributed by atoms with Crippen LogP contribution in [0.2, 0.25) is 0 Å². The van der Waals surface area contributed by atoms with Crippen LogP contribution < -0.4 is 15.0 Å². The molecule has 0 amide bonds. The van der Waals surface area contributed by atoms with Crippen LogP contribution in [0.15, 0.2) is 24.3 Å². The average Bonchev–Trinajstić information content (AvgIpc) is 3.43. The summed E-state index contributed by atoms with van der Waals surface area (Å²) in [5.74, 6) is 1.00. The van der Waals surface area contributed by atoms with Crippen molar-refractivity contribution >= 4 is 17.6 Å². The molecule has 2 aromatic rings. The standard InChI is InChI=1S/C27H36N4O5/c1-18-3-7-20(8-4-18)28-27-29-24(26(32)33-2)23(25(30-27)36-22-11-14-35-17-22)19-5-9-21(10-6-19)31-12-15-34-16-13-31/h5-6,9-10,18,20,22H,3-4,7-8,11-17H2,1-2H3,(H,28,29,30)/t18-,20-,22-/m0/s1. The molecule has 194 valence electrons. The number of rotatable bonds is 7. The number of morpholine rings is 1. The number of nitrogens with one attached hydrogen (secondary N) is 1. The van der Waals surface area contributed by atoms with Gasteiger partial charge in [-0.05, 0) is 49.3 Å². The van der Waals surface area contributed by atoms with Gasteiger partial charge in [0.15, 0.2) is 5.69 Å². The molecule has 1 atom stereocenters. The Kier molecular flexibility index (Phi) is 7.87. The Morgan fingerprint density at radius 1 is 1.00 bits per heavy atom. The van der Waals surface area contributed by atoms with Gasteiger partial charge in [-0.3, -0.25) is 0 Å². The van der Waals surface area contributed by atoms with E-state index in [0.29, 0.717) is 30.6 Å². The van der Waals surface area contributed by atoms with Gasteiger partial charge in [-0.15, -0.1) is 0 Å². The maximum Gasteiger partial charge on any atom is 0.357 e. The topological polar surface area (TPSA) is 95.0 Å². The van der Waals surface area contributed by atoms with E-state index in [1.54, 1.807) is 0 Å². The average molecular weight is 497 g/mol. The number of hydrogen-bond donors (Lipinski definition) is 1. The minimum Gasteiger partial charge on any atom is -0.471 e. The van der Waals surface area contributed by atoms with E-state index in [2.05, 4.69) is 34.3 Å². The number of benzene rings is 1. The second kappa shape index (κ2) is 11.4. The Hall–Kier alpha value is -2.91. The SMILES string of the molecule is COC(=O)c1nc(N[C@H]2CC[C@H](C)CC2)nc(O[C@H]2CCOC2)c1-c1ccc(N2CCOCC2)cc1. The Labute approximate surface area is 212 Å². The Bertz CT molecular complexity index is 1030. The lowest BCUT2D eigenvalue weighted by Gasteiger charge is -2.29. The summed E-state index contributed by atoms with van der Waals surface area (Å²) in [6.45, 7) is 6.58. The normalized spacial score (nSPS) is 24.4. The molecule has 1 saturated carbocycles. The Morgan fingerprint density at radius 2 is 1.75 bits per heavy atom. The van der Waals surface area contributed by atoms with E-state index in [0.717, 1.165) is 75.6 Å². The number of esters is 1. The van der Waals surface area contributed by atoms with Crippen molar-refractivity contribution in [3.05, 3.63) is 30.0 Å². The van der Waals surface area contributed by atoms with E-state index in [1.165, 1.54) is 7.11 Å². The van der Waals surface area contributed by atoms with Crippen LogP contribution in [-0.2, 0) is 14.2 Å². The van der Waals surface area contributed by atoms with E-state index in [9.17, 15) is 4.79 Å². The van der Waals surface area contributed by atoms with Gasteiger partial charge in [0.25, 0.3) is 0 Å². The highest BCUT2D eigenvalue weighted by Gasteiger charge is 2.28. The van der Waals surface area contributed by atoms with Crippen LogP contribution in [0.5, 0.6) is 5.88 Å². The van der Waals surface area contributed by atoms with Crippen LogP contribution in [0.1, 0.15) is 49.5 Å². The highest BCUT2D eigenvalue weighted by Crippen LogP contribution is 2.36. The van der Waals surface area contributed by atoms with E-state index >= 15 is 0 Å². The van der Waals surface area contributed by atoms with Crippen molar-refractivity contribution in [3.8, 4) is 17.0 Å². The van der Waals surface area contributed by atoms with Crippen molar-refractivity contribution in [2.75, 3.05) is 56.8 Å². The Morgan fingerprint density at radius 3 is 2.42 bits per heavy atom. The largest absolute Gasteiger partial charge is 0.471 e. The molecule has 3 heterocycles. The van der Waals surface area contributed by atoms with Crippen molar-refractivity contribution in [1.29, 1.82) is 0 Å². The number of hydrogen-bond acceptors (Lipinski definition) is 9. The lowest BCUT2D eigenvalue weighted by molar-refractivity contribution is 0.0593. The molecule has 1 N–H and O–H groups in total. The zero-order valence-electron chi connectivity index (χ0n) is 21.2. The summed E-state index contributed by atoms with van der Waals surface area (Å²) in [4.78, 5) is 24.7. The minimum absolute atomic E-state index is 0.125. The monoisotopic (exact) mass is 496 g/mol. The summed E-state index contributed by atoms with van der Waals surface area (Å²) in [7, 11) is 1.37. The van der Waals surface area contributed by atoms with Crippen molar-refractivity contribution in [2.24, 2.45) is 5.92 Å². The predicted molar refractivity (Wildman–Crippen MR) is 137 cm³/mol. The summed E-state index contributed by atoms with van der Waals surface area (Å²) >= 11 is 0. The summed E-state index contributed by atoms with van der Waals surface area (Å²) in [5.41, 5.74) is 2.66. The fourth-order valence-corrected chi connectivity index (χ4v) is 5.11. The third-order valence-corrected chi connectivity index (χ3v) is 7.30. The molecule has 1 aromatic carbocycles. The van der Waals surface area contributed by atoms with Crippen LogP contribution in [0, 0.1) is 5.92 Å². The molecular formula is C27H36N4O5. The lowest BCUT2D eigenvalue weighted by Crippen LogP contribution is -2.36. The lowest BCUT2D eigenvalue weighted by atomic mass is 9.87. The molecule has 1 aliphatic carbocycles. The molecule has 3 fully saturated rings. The molecule has 0 spiro atoms. The van der Waals surface area contributed by atoms with Gasteiger partial charge in [-0.1, -0.05) is 19.1 Å². The van der Waals surface area contributed by atoms with Crippen LogP contribution >= 0.6 is 0 Å². The van der Waals surface area contributed by atoms with Gasteiger partial charge in [-0.25, -0.2) is 9.78 Å². The predicted octanol–water partition coefficient (Wildman–Crippen LogP) is 3.93. The number of anilines is 2. The Balaban J connectivity index is 1.50. The van der Waals surface area contributed by atoms with Crippen LogP contribution in [0.4, 0.5) is 11.6 Å². The van der Waals surface area contributed by atoms with Crippen LogP contribution in [0.3, 0.4) is 0 Å². The fourth-order valence-electron chi connectivity index (χ4n) is 5.11. The maximum absolute atomic E-state index is 13.0. The van der Waals surface area contributed by atoms with Gasteiger partial charge in [0, 0.05) is 31.2 Å². The minimum atomic E-state index is -0.516. The number of methoxy groups -OCH3 is 1. The van der Waals surface area contributed by atoms with Crippen molar-refractivity contribution < 1.29 is 23.7 Å². The van der Waals surface area contributed by atoms with Crippen molar-refractivity contribution in [1.82, 2.24) is 9.97 Å². The summed E-state index contributed by atoms with van der Waals surface area (Å²) in [6, 6.07) is 8.36. The molecule has 9 heteroatoms. The molecule has 3 aliphatic rings. The number of aromatic nitrogens is 2. The highest BCUT2D eigenvalue weighted by atomic mass is 16.6. The van der Waals surface area contributed by atoms with E-state index in [1.807, 2.05) is 12.1 Å². The van der Waals surface area contributed by atoms with E-state index in [4.69, 9.17) is 23.9 Å². The van der Waals surface area contributed by atoms with E-state index in [-0.39, 0.29) is 17.8 Å². The molecule has 0 bridgehead atoms. The summed E-state index contributed by atoms with van der Waals surface area (Å²) in [5, 5.41) is 3.46. The van der Waals surface area contributed by atoms with Crippen molar-refractivity contribution in [3.63, 3.8) is 0 Å². The third kappa shape index (κ3) is 5.73. The van der Waals surface area contributed by atoms with Gasteiger partial charge in [-0.2, -0.15) is 4.98 Å². The zero-order chi connectivity index (χ0) is 24.9. The summed E-state index contributed by atoms with van der Waals surface area (Å²) in [6.07, 6.45) is 5.08. The maximum atomic E-state index is 13.0. The molecule has 2 saturated heterocycles. The molecule has 0 unspecified atom stereocenters. The highest BCUT2D eigenvalue weighted by molar-refractivity contribution is 5.97. The molecule has 1 aromatic heterocycles. The molecule has 2 aliphatic heterocycles. The first-order chi connectivity index (χ1) is 17.6. The van der Waals surface area contributed by atoms with E-state index < -0.39 is 5.97 Å². The van der Waals surface area contributed by atoms with Crippen LogP contribution in [0.25, 0.3) is 11.1 Å². The zero-order valence-corrected chi connectivity index (χ0v) is 21.2. The number of ether oxygens (including phenoxy) is 4. The summed E-state index contributed by atoms with van der Waals surface area (Å²) < 4.78 is 22.5. The molecule has 0 radical (unpaired) electrons. The number of carbonyl (C=O) groups is 1. The van der Waals surface area contributed by atoms with Gasteiger partial charge in [0.2, 0.25) is 11.8 Å². The molecular weight excluding hydrogens is 460 g/mol. The quantitative estimate of drug-likeness (QED) is 0.572. The van der Waals surface area contributed by atoms with Gasteiger partial charge < -0.3 is 29.2 Å². The number of nitrogens with zero attached hydrogens (tertiary/aromatic N) is 3. The smallest absolute Gasteiger partial charge is 0.357 e. The first-order valence-electron chi connectivity index (χ1n) is 13.0. The molecule has 9 nitrogen and oxygen atoms in total. The number of carbonyl (C=O) groups excluding carboxylic acids is 1. The third-order valence-electron chi connectivity index (χ3n) is 7.30. The second-order valence-electron chi connectivity index (χ2n) is 9.92. The molecule has 5 rings (SSSR count). The first kappa shape index (κ1) is 24.8. The fraction of sp³-hybridized carbons (Fsp3) is 0.593. The van der Waals surface area contributed by atoms with Crippen molar-refractivity contribution in [2.45, 2.75) is 51.2 Å². The van der Waals surface area contributed by atoms with Gasteiger partial charge in [0.05, 0.1) is 39.1 Å². The van der Waals surface area contributed by atoms with Gasteiger partial charge >= 0.3 is 5.97 Å². The second-order valence-corrected chi connectivity index (χ2v) is 9.92. The molecule has 36 heavy (non-hydrogen) atoms. The first-order valence-corrected chi connectivity index (χ1v) is 13.0. The van der Waals surface area contributed by atoms with Gasteiger partial charge in [0.1, 0.15) is 6.10 Å².